The molecule has 2 rings (SSSR count). The zero-order valence-electron chi connectivity index (χ0n) is 9.80. The molecule has 0 saturated carbocycles. The second-order valence-corrected chi connectivity index (χ2v) is 5.43. The van der Waals surface area contributed by atoms with E-state index in [1.165, 1.54) is 18.2 Å². The van der Waals surface area contributed by atoms with Crippen LogP contribution < -0.4 is 4.74 Å². The summed E-state index contributed by atoms with van der Waals surface area (Å²) in [5.41, 5.74) is 1.18. The SMILES string of the molecule is Fc1cc(CBr)cc(OCc2cc(Br)ccc2F)c1. The van der Waals surface area contributed by atoms with E-state index in [1.807, 2.05) is 0 Å². The van der Waals surface area contributed by atoms with E-state index < -0.39 is 0 Å². The Balaban J connectivity index is 2.14. The maximum absolute atomic E-state index is 13.5. The summed E-state index contributed by atoms with van der Waals surface area (Å²) < 4.78 is 33.0. The lowest BCUT2D eigenvalue weighted by atomic mass is 10.2. The molecule has 19 heavy (non-hydrogen) atoms. The van der Waals surface area contributed by atoms with Gasteiger partial charge in [-0.15, -0.1) is 0 Å². The van der Waals surface area contributed by atoms with Crippen molar-refractivity contribution in [2.45, 2.75) is 11.9 Å². The second-order valence-electron chi connectivity index (χ2n) is 3.95. The van der Waals surface area contributed by atoms with Crippen molar-refractivity contribution < 1.29 is 13.5 Å². The Bertz CT molecular complexity index is 588. The molecule has 100 valence electrons. The van der Waals surface area contributed by atoms with Crippen LogP contribution in [-0.4, -0.2) is 0 Å². The fraction of sp³-hybridized carbons (Fsp3) is 0.143. The van der Waals surface area contributed by atoms with Crippen LogP contribution in [0.5, 0.6) is 5.75 Å². The van der Waals surface area contributed by atoms with Gasteiger partial charge in [0, 0.05) is 21.4 Å². The largest absolute Gasteiger partial charge is 0.489 e. The van der Waals surface area contributed by atoms with Gasteiger partial charge in [0.15, 0.2) is 0 Å². The first-order chi connectivity index (χ1) is 9.08. The first-order valence-corrected chi connectivity index (χ1v) is 7.42. The van der Waals surface area contributed by atoms with E-state index in [4.69, 9.17) is 4.74 Å². The zero-order chi connectivity index (χ0) is 13.8. The fourth-order valence-corrected chi connectivity index (χ4v) is 2.33. The zero-order valence-corrected chi connectivity index (χ0v) is 13.0. The van der Waals surface area contributed by atoms with Gasteiger partial charge >= 0.3 is 0 Å². The lowest BCUT2D eigenvalue weighted by molar-refractivity contribution is 0.298. The Hall–Kier alpha value is -0.940. The predicted molar refractivity (Wildman–Crippen MR) is 77.5 cm³/mol. The first-order valence-electron chi connectivity index (χ1n) is 5.50. The van der Waals surface area contributed by atoms with E-state index in [0.717, 1.165) is 10.0 Å². The highest BCUT2D eigenvalue weighted by atomic mass is 79.9. The van der Waals surface area contributed by atoms with Gasteiger partial charge < -0.3 is 4.74 Å². The third kappa shape index (κ3) is 4.01. The van der Waals surface area contributed by atoms with Gasteiger partial charge in [-0.1, -0.05) is 31.9 Å². The molecule has 0 bridgehead atoms. The predicted octanol–water partition coefficient (Wildman–Crippen LogP) is 5.20. The van der Waals surface area contributed by atoms with E-state index >= 15 is 0 Å². The van der Waals surface area contributed by atoms with Gasteiger partial charge in [0.1, 0.15) is 24.0 Å². The number of ether oxygens (including phenoxy) is 1. The third-order valence-corrected chi connectivity index (χ3v) is 3.63. The molecule has 0 unspecified atom stereocenters. The summed E-state index contributed by atoms with van der Waals surface area (Å²) in [6, 6.07) is 9.03. The molecule has 0 fully saturated rings. The summed E-state index contributed by atoms with van der Waals surface area (Å²) in [6.45, 7) is 0.0520. The molecule has 0 spiro atoms. The molecular formula is C14H10Br2F2O. The third-order valence-electron chi connectivity index (χ3n) is 2.49. The summed E-state index contributed by atoms with van der Waals surface area (Å²) >= 11 is 6.52. The number of rotatable bonds is 4. The molecule has 0 N–H and O–H groups in total. The molecule has 0 aliphatic rings. The number of halogens is 4. The van der Waals surface area contributed by atoms with Crippen LogP contribution in [0.1, 0.15) is 11.1 Å². The van der Waals surface area contributed by atoms with Crippen molar-refractivity contribution in [2.75, 3.05) is 0 Å². The van der Waals surface area contributed by atoms with E-state index in [9.17, 15) is 8.78 Å². The molecule has 0 atom stereocenters. The first kappa shape index (κ1) is 14.5. The lowest BCUT2D eigenvalue weighted by Gasteiger charge is -2.09. The number of benzene rings is 2. The molecule has 2 aromatic carbocycles. The van der Waals surface area contributed by atoms with Crippen molar-refractivity contribution >= 4 is 31.9 Å². The Morgan fingerprint density at radius 2 is 1.84 bits per heavy atom. The molecule has 0 heterocycles. The minimum absolute atomic E-state index is 0.0520. The van der Waals surface area contributed by atoms with Gasteiger partial charge in [-0.2, -0.15) is 0 Å². The molecule has 0 amide bonds. The van der Waals surface area contributed by atoms with Gasteiger partial charge in [-0.25, -0.2) is 8.78 Å². The molecule has 0 aliphatic carbocycles. The second kappa shape index (κ2) is 6.48. The van der Waals surface area contributed by atoms with Crippen molar-refractivity contribution in [3.05, 3.63) is 63.6 Å². The molecule has 5 heteroatoms. The van der Waals surface area contributed by atoms with Gasteiger partial charge in [0.05, 0.1) is 0 Å². The molecule has 0 saturated heterocycles. The van der Waals surface area contributed by atoms with Crippen molar-refractivity contribution in [3.8, 4) is 5.75 Å². The standard InChI is InChI=1S/C14H10Br2F2O/c15-7-9-3-12(17)6-13(4-9)19-8-10-5-11(16)1-2-14(10)18/h1-6H,7-8H2. The van der Waals surface area contributed by atoms with Crippen LogP contribution in [0.15, 0.2) is 40.9 Å². The Labute approximate surface area is 126 Å². The highest BCUT2D eigenvalue weighted by molar-refractivity contribution is 9.10. The van der Waals surface area contributed by atoms with Crippen LogP contribution in [0.25, 0.3) is 0 Å². The number of hydrogen-bond acceptors (Lipinski definition) is 1. The van der Waals surface area contributed by atoms with E-state index in [1.54, 1.807) is 18.2 Å². The van der Waals surface area contributed by atoms with E-state index in [0.29, 0.717) is 16.6 Å². The van der Waals surface area contributed by atoms with E-state index in [2.05, 4.69) is 31.9 Å². The average Bonchev–Trinajstić information content (AvgIpc) is 2.39. The summed E-state index contributed by atoms with van der Waals surface area (Å²) in [4.78, 5) is 0. The van der Waals surface area contributed by atoms with Crippen LogP contribution >= 0.6 is 31.9 Å². The normalized spacial score (nSPS) is 10.5. The van der Waals surface area contributed by atoms with Gasteiger partial charge in [-0.05, 0) is 35.9 Å². The van der Waals surface area contributed by atoms with Crippen LogP contribution in [-0.2, 0) is 11.9 Å². The minimum atomic E-state index is -0.373. The number of hydrogen-bond donors (Lipinski definition) is 0. The van der Waals surface area contributed by atoms with Gasteiger partial charge in [0.2, 0.25) is 0 Å². The minimum Gasteiger partial charge on any atom is -0.489 e. The van der Waals surface area contributed by atoms with Crippen molar-refractivity contribution in [1.82, 2.24) is 0 Å². The van der Waals surface area contributed by atoms with E-state index in [-0.39, 0.29) is 18.2 Å². The lowest BCUT2D eigenvalue weighted by Crippen LogP contribution is -1.99. The summed E-state index contributed by atoms with van der Waals surface area (Å²) in [5.74, 6) is -0.337. The molecule has 2 aromatic rings. The Kier molecular flexibility index (Phi) is 4.93. The van der Waals surface area contributed by atoms with Crippen LogP contribution in [0.4, 0.5) is 8.78 Å². The quantitative estimate of drug-likeness (QED) is 0.650. The van der Waals surface area contributed by atoms with Crippen molar-refractivity contribution in [1.29, 1.82) is 0 Å². The van der Waals surface area contributed by atoms with Crippen molar-refractivity contribution in [3.63, 3.8) is 0 Å². The summed E-state index contributed by atoms with van der Waals surface area (Å²) in [7, 11) is 0. The van der Waals surface area contributed by atoms with Crippen LogP contribution in [0.3, 0.4) is 0 Å². The molecule has 0 aromatic heterocycles. The summed E-state index contributed by atoms with van der Waals surface area (Å²) in [5, 5.41) is 0.534. The maximum atomic E-state index is 13.5. The van der Waals surface area contributed by atoms with Crippen molar-refractivity contribution in [2.24, 2.45) is 0 Å². The average molecular weight is 392 g/mol. The Morgan fingerprint density at radius 1 is 1.05 bits per heavy atom. The van der Waals surface area contributed by atoms with Gasteiger partial charge in [-0.3, -0.25) is 0 Å². The summed E-state index contributed by atoms with van der Waals surface area (Å²) in [6.07, 6.45) is 0. The highest BCUT2D eigenvalue weighted by Crippen LogP contribution is 2.21. The highest BCUT2D eigenvalue weighted by Gasteiger charge is 2.06. The number of alkyl halides is 1. The smallest absolute Gasteiger partial charge is 0.129 e. The molecule has 0 aliphatic heterocycles. The maximum Gasteiger partial charge on any atom is 0.129 e. The monoisotopic (exact) mass is 390 g/mol. The fourth-order valence-electron chi connectivity index (χ4n) is 1.60. The van der Waals surface area contributed by atoms with Gasteiger partial charge in [0.25, 0.3) is 0 Å². The molecule has 0 radical (unpaired) electrons. The molecular weight excluding hydrogens is 382 g/mol. The molecule has 1 nitrogen and oxygen atoms in total. The van der Waals surface area contributed by atoms with Crippen LogP contribution in [0.2, 0.25) is 0 Å². The topological polar surface area (TPSA) is 9.23 Å². The Morgan fingerprint density at radius 3 is 2.58 bits per heavy atom. The van der Waals surface area contributed by atoms with Crippen LogP contribution in [0, 0.1) is 11.6 Å².